The summed E-state index contributed by atoms with van der Waals surface area (Å²) in [6, 6.07) is 16.6. The number of rotatable bonds is 9. The molecule has 30 heavy (non-hydrogen) atoms. The molecule has 2 unspecified atom stereocenters. The van der Waals surface area contributed by atoms with Gasteiger partial charge in [0, 0.05) is 22.0 Å². The number of hydrogen-bond donors (Lipinski definition) is 0. The van der Waals surface area contributed by atoms with Crippen molar-refractivity contribution in [1.82, 2.24) is 4.90 Å². The molecule has 0 radical (unpaired) electrons. The van der Waals surface area contributed by atoms with Gasteiger partial charge < -0.3 is 4.90 Å². The summed E-state index contributed by atoms with van der Waals surface area (Å²) in [4.78, 5) is 3.41. The van der Waals surface area contributed by atoms with Crippen molar-refractivity contribution in [3.63, 3.8) is 0 Å². The first-order chi connectivity index (χ1) is 14.3. The third-order valence-corrected chi connectivity index (χ3v) is 9.05. The second-order valence-corrected chi connectivity index (χ2v) is 12.0. The molecule has 1 heterocycles. The molecular formula is C23H30ClNO3S2. The van der Waals surface area contributed by atoms with Crippen LogP contribution in [0.3, 0.4) is 0 Å². The van der Waals surface area contributed by atoms with Crippen molar-refractivity contribution in [2.45, 2.75) is 40.9 Å². The number of sulfone groups is 1. The van der Waals surface area contributed by atoms with Crippen LogP contribution in [0.5, 0.6) is 0 Å². The summed E-state index contributed by atoms with van der Waals surface area (Å²) in [5.41, 5.74) is 1.16. The molecule has 2 aromatic rings. The number of likely N-dealkylation sites (tertiary alicyclic amines) is 1. The first-order valence-electron chi connectivity index (χ1n) is 10.4. The van der Waals surface area contributed by atoms with Gasteiger partial charge in [-0.15, -0.1) is 11.6 Å². The van der Waals surface area contributed by atoms with Crippen LogP contribution in [-0.2, 0) is 20.6 Å². The molecule has 1 fully saturated rings. The summed E-state index contributed by atoms with van der Waals surface area (Å²) < 4.78 is 36.7. The van der Waals surface area contributed by atoms with Crippen LogP contribution < -0.4 is 0 Å². The van der Waals surface area contributed by atoms with Crippen LogP contribution >= 0.6 is 11.6 Å². The van der Waals surface area contributed by atoms with Gasteiger partial charge in [0.15, 0.2) is 9.84 Å². The highest BCUT2D eigenvalue weighted by Crippen LogP contribution is 2.27. The Morgan fingerprint density at radius 2 is 1.70 bits per heavy atom. The number of piperidine rings is 1. The summed E-state index contributed by atoms with van der Waals surface area (Å²) in [5.74, 6) is 0.614. The van der Waals surface area contributed by atoms with Crippen molar-refractivity contribution in [1.29, 1.82) is 0 Å². The van der Waals surface area contributed by atoms with Gasteiger partial charge in [-0.1, -0.05) is 30.3 Å². The van der Waals surface area contributed by atoms with Gasteiger partial charge in [-0.25, -0.2) is 8.42 Å². The van der Waals surface area contributed by atoms with E-state index in [0.29, 0.717) is 22.1 Å². The molecule has 1 saturated heterocycles. The Morgan fingerprint density at radius 3 is 2.30 bits per heavy atom. The lowest BCUT2D eigenvalue weighted by Crippen LogP contribution is -2.35. The molecule has 0 amide bonds. The fourth-order valence-electron chi connectivity index (χ4n) is 3.90. The third kappa shape index (κ3) is 6.64. The lowest BCUT2D eigenvalue weighted by Gasteiger charge is -2.32. The average molecular weight is 468 g/mol. The maximum Gasteiger partial charge on any atom is 0.178 e. The predicted molar refractivity (Wildman–Crippen MR) is 124 cm³/mol. The molecule has 0 spiro atoms. The highest BCUT2D eigenvalue weighted by Gasteiger charge is 2.23. The molecule has 1 aliphatic heterocycles. The summed E-state index contributed by atoms with van der Waals surface area (Å²) in [6.45, 7) is 2.97. The predicted octanol–water partition coefficient (Wildman–Crippen LogP) is 4.67. The number of halogens is 1. The Balaban J connectivity index is 1.41. The van der Waals surface area contributed by atoms with Crippen molar-refractivity contribution >= 4 is 32.2 Å². The van der Waals surface area contributed by atoms with E-state index in [2.05, 4.69) is 17.0 Å². The van der Waals surface area contributed by atoms with E-state index in [1.54, 1.807) is 30.5 Å². The van der Waals surface area contributed by atoms with Gasteiger partial charge in [0.05, 0.1) is 16.0 Å². The summed E-state index contributed by atoms with van der Waals surface area (Å²) >= 11 is 6.53. The lowest BCUT2D eigenvalue weighted by molar-refractivity contribution is 0.180. The molecule has 4 nitrogen and oxygen atoms in total. The van der Waals surface area contributed by atoms with Crippen LogP contribution in [0.4, 0.5) is 0 Å². The molecule has 3 rings (SSSR count). The number of benzene rings is 2. The maximum absolute atomic E-state index is 12.6. The Kier molecular flexibility index (Phi) is 8.52. The monoisotopic (exact) mass is 467 g/mol. The second-order valence-electron chi connectivity index (χ2n) is 7.98. The van der Waals surface area contributed by atoms with Crippen molar-refractivity contribution in [2.24, 2.45) is 5.92 Å². The average Bonchev–Trinajstić information content (AvgIpc) is 2.77. The van der Waals surface area contributed by atoms with Crippen LogP contribution in [0.15, 0.2) is 64.4 Å². The minimum absolute atomic E-state index is 0.0330. The summed E-state index contributed by atoms with van der Waals surface area (Å²) in [6.07, 6.45) is 5.26. The number of alkyl halides is 1. The Labute approximate surface area is 188 Å². The first-order valence-corrected chi connectivity index (χ1v) is 14.1. The normalized spacial score (nSPS) is 18.2. The highest BCUT2D eigenvalue weighted by molar-refractivity contribution is 7.91. The molecular weight excluding hydrogens is 438 g/mol. The Morgan fingerprint density at radius 1 is 1.07 bits per heavy atom. The zero-order valence-electron chi connectivity index (χ0n) is 17.4. The molecule has 0 bridgehead atoms. The van der Waals surface area contributed by atoms with Gasteiger partial charge in [-0.2, -0.15) is 0 Å². The minimum Gasteiger partial charge on any atom is -0.303 e. The van der Waals surface area contributed by atoms with E-state index < -0.39 is 20.6 Å². The molecule has 0 N–H and O–H groups in total. The Bertz CT molecular complexity index is 925. The quantitative estimate of drug-likeness (QED) is 0.503. The molecule has 7 heteroatoms. The van der Waals surface area contributed by atoms with Gasteiger partial charge in [0.25, 0.3) is 0 Å². The fraction of sp³-hybridized carbons (Fsp3) is 0.478. The van der Waals surface area contributed by atoms with Gasteiger partial charge in [0.1, 0.15) is 0 Å². The van der Waals surface area contributed by atoms with E-state index in [4.69, 9.17) is 11.6 Å². The zero-order chi connectivity index (χ0) is 21.6. The molecule has 2 atom stereocenters. The van der Waals surface area contributed by atoms with E-state index in [-0.39, 0.29) is 11.1 Å². The van der Waals surface area contributed by atoms with Crippen molar-refractivity contribution < 1.29 is 12.6 Å². The highest BCUT2D eigenvalue weighted by atomic mass is 35.5. The second kappa shape index (κ2) is 10.9. The van der Waals surface area contributed by atoms with E-state index in [1.807, 2.05) is 18.2 Å². The van der Waals surface area contributed by atoms with E-state index >= 15 is 0 Å². The van der Waals surface area contributed by atoms with Crippen molar-refractivity contribution in [3.8, 4) is 0 Å². The molecule has 1 aliphatic rings. The van der Waals surface area contributed by atoms with Gasteiger partial charge in [-0.3, -0.25) is 4.21 Å². The summed E-state index contributed by atoms with van der Waals surface area (Å²) in [5, 5.41) is 0.0330. The topological polar surface area (TPSA) is 54.5 Å². The van der Waals surface area contributed by atoms with Gasteiger partial charge in [-0.05, 0) is 81.1 Å². The molecule has 2 aromatic carbocycles. The molecule has 164 valence electrons. The van der Waals surface area contributed by atoms with E-state index in [9.17, 15) is 12.6 Å². The van der Waals surface area contributed by atoms with Crippen LogP contribution in [0.2, 0.25) is 0 Å². The number of nitrogens with zero attached hydrogens (tertiary/aromatic N) is 1. The van der Waals surface area contributed by atoms with E-state index in [0.717, 1.165) is 44.5 Å². The summed E-state index contributed by atoms with van der Waals surface area (Å²) in [7, 11) is -4.40. The minimum atomic E-state index is -3.30. The van der Waals surface area contributed by atoms with Crippen molar-refractivity contribution in [2.75, 3.05) is 31.6 Å². The third-order valence-electron chi connectivity index (χ3n) is 5.88. The first kappa shape index (κ1) is 23.5. The molecule has 0 aliphatic carbocycles. The van der Waals surface area contributed by atoms with Crippen LogP contribution in [-0.4, -0.2) is 49.2 Å². The Hall–Kier alpha value is -1.21. The fourth-order valence-corrected chi connectivity index (χ4v) is 6.09. The van der Waals surface area contributed by atoms with Gasteiger partial charge in [0.2, 0.25) is 0 Å². The largest absolute Gasteiger partial charge is 0.303 e. The SMILES string of the molecule is CS(=O)c1ccc(S(=O)(=O)CCC2CCN(CCC(Cl)c3ccccc3)CC2)cc1. The smallest absolute Gasteiger partial charge is 0.178 e. The van der Waals surface area contributed by atoms with Crippen LogP contribution in [0, 0.1) is 5.92 Å². The molecule has 0 aromatic heterocycles. The van der Waals surface area contributed by atoms with Crippen molar-refractivity contribution in [3.05, 3.63) is 60.2 Å². The standard InChI is InChI=1S/C23H30ClNO3S2/c1-29(26)21-7-9-22(10-8-21)30(27,28)18-14-19-11-15-25(16-12-19)17-13-23(24)20-5-3-2-4-6-20/h2-10,19,23H,11-18H2,1H3. The molecule has 0 saturated carbocycles. The van der Waals surface area contributed by atoms with Gasteiger partial charge >= 0.3 is 0 Å². The van der Waals surface area contributed by atoms with Crippen LogP contribution in [0.25, 0.3) is 0 Å². The van der Waals surface area contributed by atoms with E-state index in [1.165, 1.54) is 0 Å². The maximum atomic E-state index is 12.6. The van der Waals surface area contributed by atoms with Crippen LogP contribution in [0.1, 0.15) is 36.6 Å². The zero-order valence-corrected chi connectivity index (χ0v) is 19.8. The lowest BCUT2D eigenvalue weighted by atomic mass is 9.94. The number of hydrogen-bond acceptors (Lipinski definition) is 4.